The molecule has 0 aliphatic carbocycles. The van der Waals surface area contributed by atoms with Crippen molar-refractivity contribution in [2.45, 2.75) is 24.7 Å². The van der Waals surface area contributed by atoms with Crippen LogP contribution in [0.5, 0.6) is 5.75 Å². The number of piperazine rings is 1. The van der Waals surface area contributed by atoms with Gasteiger partial charge in [0.05, 0.1) is 18.4 Å². The molecule has 5 aromatic rings. The number of pyridine rings is 1. The van der Waals surface area contributed by atoms with Crippen LogP contribution in [0.1, 0.15) is 6.42 Å². The lowest BCUT2D eigenvalue weighted by Gasteiger charge is -2.29. The number of hydrogen-bond acceptors (Lipinski definition) is 7. The molecule has 2 aliphatic rings. The van der Waals surface area contributed by atoms with Crippen molar-refractivity contribution in [3.8, 4) is 39.4 Å². The number of benzene rings is 2. The number of nitrogens with zero attached hydrogens (tertiary/aromatic N) is 5. The first kappa shape index (κ1) is 28.2. The summed E-state index contributed by atoms with van der Waals surface area (Å²) in [4.78, 5) is 20.4. The lowest BCUT2D eigenvalue weighted by atomic mass is 10.0. The van der Waals surface area contributed by atoms with Crippen LogP contribution in [-0.4, -0.2) is 69.1 Å². The van der Waals surface area contributed by atoms with Crippen molar-refractivity contribution in [2.24, 2.45) is 0 Å². The molecule has 43 heavy (non-hydrogen) atoms. The highest BCUT2D eigenvalue weighted by molar-refractivity contribution is 5.91. The van der Waals surface area contributed by atoms with E-state index in [0.717, 1.165) is 58.1 Å². The zero-order valence-corrected chi connectivity index (χ0v) is 23.0. The minimum Gasteiger partial charge on any atom is -0.497 e. The average Bonchev–Trinajstić information content (AvgIpc) is 3.76. The summed E-state index contributed by atoms with van der Waals surface area (Å²) in [5, 5.41) is 15.8. The fraction of sp³-hybridized carbons (Fsp3) is 0.226. The molecule has 2 N–H and O–H groups in total. The van der Waals surface area contributed by atoms with Crippen LogP contribution in [0, 0.1) is 0 Å². The van der Waals surface area contributed by atoms with Crippen LogP contribution in [0.4, 0.5) is 18.9 Å². The van der Waals surface area contributed by atoms with E-state index in [9.17, 15) is 13.2 Å². The van der Waals surface area contributed by atoms with E-state index in [0.29, 0.717) is 12.1 Å². The summed E-state index contributed by atoms with van der Waals surface area (Å²) in [5.74, 6) is -1.96. The predicted octanol–water partition coefficient (Wildman–Crippen LogP) is 5.32. The normalized spacial score (nSPS) is 17.5. The maximum atomic E-state index is 10.6. The zero-order chi connectivity index (χ0) is 30.1. The number of alkyl halides is 3. The Balaban J connectivity index is 0.000000423. The van der Waals surface area contributed by atoms with E-state index < -0.39 is 12.1 Å². The Labute approximate surface area is 244 Å². The van der Waals surface area contributed by atoms with Crippen molar-refractivity contribution in [3.05, 3.63) is 85.3 Å². The molecule has 0 spiro atoms. The fourth-order valence-corrected chi connectivity index (χ4v) is 5.62. The Morgan fingerprint density at radius 2 is 1.74 bits per heavy atom. The number of fused-ring (bicyclic) bond motifs is 3. The topological polar surface area (TPSA) is 105 Å². The van der Waals surface area contributed by atoms with Gasteiger partial charge in [-0.25, -0.2) is 14.3 Å². The van der Waals surface area contributed by atoms with E-state index in [-0.39, 0.29) is 0 Å². The number of aliphatic carboxylic acids is 1. The number of hydrogen-bond donors (Lipinski definition) is 2. The molecule has 0 amide bonds. The molecule has 2 aromatic carbocycles. The maximum Gasteiger partial charge on any atom is 0.490 e. The summed E-state index contributed by atoms with van der Waals surface area (Å²) in [6, 6.07) is 24.1. The van der Waals surface area contributed by atoms with Gasteiger partial charge in [0.15, 0.2) is 5.65 Å². The smallest absolute Gasteiger partial charge is 0.490 e. The quantitative estimate of drug-likeness (QED) is 0.285. The minimum atomic E-state index is -5.08. The second-order valence-electron chi connectivity index (χ2n) is 10.3. The molecule has 3 aromatic heterocycles. The van der Waals surface area contributed by atoms with Gasteiger partial charge in [-0.1, -0.05) is 24.3 Å². The van der Waals surface area contributed by atoms with Crippen LogP contribution in [-0.2, 0) is 4.79 Å². The monoisotopic (exact) mass is 588 g/mol. The summed E-state index contributed by atoms with van der Waals surface area (Å²) < 4.78 is 39.2. The van der Waals surface area contributed by atoms with E-state index in [1.165, 1.54) is 12.1 Å². The van der Waals surface area contributed by atoms with E-state index in [2.05, 4.69) is 45.5 Å². The Morgan fingerprint density at radius 1 is 1.00 bits per heavy atom. The number of carbonyl (C=O) groups is 1. The Bertz CT molecular complexity index is 1760. The molecule has 2 atom stereocenters. The van der Waals surface area contributed by atoms with Crippen molar-refractivity contribution >= 4 is 17.3 Å². The molecule has 12 heteroatoms. The van der Waals surface area contributed by atoms with Crippen LogP contribution in [0.25, 0.3) is 39.3 Å². The maximum absolute atomic E-state index is 10.6. The Hall–Kier alpha value is -4.97. The SMILES string of the molecule is COc1cccc(-c2c(-c3ccncc3)nn3c(-c4ccc(N5C[C@@H]6C[C@H]5CN6)cc4)ccnc23)c1.O=C(O)C(F)(F)F. The van der Waals surface area contributed by atoms with E-state index in [1.54, 1.807) is 19.5 Å². The van der Waals surface area contributed by atoms with Crippen LogP contribution in [0.2, 0.25) is 0 Å². The highest BCUT2D eigenvalue weighted by atomic mass is 19.4. The molecule has 0 saturated carbocycles. The predicted molar refractivity (Wildman–Crippen MR) is 155 cm³/mol. The van der Waals surface area contributed by atoms with Gasteiger partial charge in [0, 0.05) is 60.6 Å². The molecule has 5 heterocycles. The van der Waals surface area contributed by atoms with Gasteiger partial charge in [-0.2, -0.15) is 18.3 Å². The number of rotatable bonds is 5. The summed E-state index contributed by atoms with van der Waals surface area (Å²) in [6.45, 7) is 2.16. The Morgan fingerprint density at radius 3 is 2.37 bits per heavy atom. The van der Waals surface area contributed by atoms with Gasteiger partial charge in [0.1, 0.15) is 11.4 Å². The largest absolute Gasteiger partial charge is 0.497 e. The summed E-state index contributed by atoms with van der Waals surface area (Å²) in [5.41, 5.74) is 8.03. The van der Waals surface area contributed by atoms with Crippen LogP contribution in [0.3, 0.4) is 0 Å². The number of nitrogens with one attached hydrogen (secondary N) is 1. The molecule has 0 unspecified atom stereocenters. The number of halogens is 3. The van der Waals surface area contributed by atoms with Crippen molar-refractivity contribution in [1.82, 2.24) is 24.9 Å². The van der Waals surface area contributed by atoms with Crippen molar-refractivity contribution in [3.63, 3.8) is 0 Å². The molecule has 2 aliphatic heterocycles. The third-order valence-corrected chi connectivity index (χ3v) is 7.62. The number of carboxylic acid groups (broad SMARTS) is 1. The second-order valence-corrected chi connectivity index (χ2v) is 10.3. The van der Waals surface area contributed by atoms with Gasteiger partial charge < -0.3 is 20.1 Å². The van der Waals surface area contributed by atoms with Gasteiger partial charge in [-0.05, 0) is 54.4 Å². The summed E-state index contributed by atoms with van der Waals surface area (Å²) in [7, 11) is 1.68. The summed E-state index contributed by atoms with van der Waals surface area (Å²) in [6.07, 6.45) is 1.61. The van der Waals surface area contributed by atoms with Gasteiger partial charge in [-0.15, -0.1) is 0 Å². The van der Waals surface area contributed by atoms with Crippen molar-refractivity contribution in [2.75, 3.05) is 25.1 Å². The second kappa shape index (κ2) is 11.4. The molecule has 0 radical (unpaired) electrons. The standard InChI is InChI=1S/C29H26N6O.C2HF3O2/c1-36-25-4-2-3-21(15-25)27-28(20-9-12-30-13-10-20)33-35-26(11-14-31-29(27)35)19-5-7-23(8-6-19)34-18-22-16-24(34)17-32-22;3-2(4,5)1(6)7/h2-15,22,24,32H,16-18H2,1H3;(H,6,7)/t22-,24-;/m0./s1. The fourth-order valence-electron chi connectivity index (χ4n) is 5.62. The van der Waals surface area contributed by atoms with Crippen molar-refractivity contribution < 1.29 is 27.8 Å². The van der Waals surface area contributed by atoms with Gasteiger partial charge in [-0.3, -0.25) is 4.98 Å². The first-order valence-electron chi connectivity index (χ1n) is 13.6. The molecule has 2 fully saturated rings. The highest BCUT2D eigenvalue weighted by Gasteiger charge is 2.38. The average molecular weight is 589 g/mol. The van der Waals surface area contributed by atoms with Gasteiger partial charge in [0.2, 0.25) is 0 Å². The third-order valence-electron chi connectivity index (χ3n) is 7.62. The van der Waals surface area contributed by atoms with Crippen LogP contribution in [0.15, 0.2) is 85.3 Å². The Kier molecular flexibility index (Phi) is 7.45. The number of methoxy groups -OCH3 is 1. The number of anilines is 1. The number of ether oxygens (including phenoxy) is 1. The lowest BCUT2D eigenvalue weighted by molar-refractivity contribution is -0.192. The molecular weight excluding hydrogens is 561 g/mol. The third kappa shape index (κ3) is 5.61. The molecule has 7 rings (SSSR count). The van der Waals surface area contributed by atoms with Crippen LogP contribution < -0.4 is 15.0 Å². The van der Waals surface area contributed by atoms with Gasteiger partial charge in [0.25, 0.3) is 0 Å². The van der Waals surface area contributed by atoms with E-state index in [4.69, 9.17) is 24.7 Å². The van der Waals surface area contributed by atoms with Crippen LogP contribution >= 0.6 is 0 Å². The molecule has 220 valence electrons. The molecular formula is C31H27F3N6O3. The molecule has 2 saturated heterocycles. The highest BCUT2D eigenvalue weighted by Crippen LogP contribution is 2.37. The number of carboxylic acids is 1. The minimum absolute atomic E-state index is 0.605. The first-order valence-corrected chi connectivity index (χ1v) is 13.6. The lowest BCUT2D eigenvalue weighted by Crippen LogP contribution is -2.43. The van der Waals surface area contributed by atoms with E-state index in [1.807, 2.05) is 47.1 Å². The van der Waals surface area contributed by atoms with E-state index >= 15 is 0 Å². The molecule has 9 nitrogen and oxygen atoms in total. The first-order chi connectivity index (χ1) is 20.7. The van der Waals surface area contributed by atoms with Crippen molar-refractivity contribution in [1.29, 1.82) is 0 Å². The summed E-state index contributed by atoms with van der Waals surface area (Å²) >= 11 is 0. The zero-order valence-electron chi connectivity index (χ0n) is 23.0. The molecule has 2 bridgehead atoms. The number of aromatic nitrogens is 4. The van der Waals surface area contributed by atoms with Gasteiger partial charge >= 0.3 is 12.1 Å².